The van der Waals surface area contributed by atoms with E-state index >= 15 is 0 Å². The lowest BCUT2D eigenvalue weighted by atomic mass is 10.2. The lowest BCUT2D eigenvalue weighted by Crippen LogP contribution is -2.09. The molecule has 0 aliphatic heterocycles. The third-order valence-electron chi connectivity index (χ3n) is 1.82. The summed E-state index contributed by atoms with van der Waals surface area (Å²) in [4.78, 5) is 14.7. The fourth-order valence-electron chi connectivity index (χ4n) is 1.14. The number of esters is 1. The monoisotopic (exact) mass is 251 g/mol. The van der Waals surface area contributed by atoms with Gasteiger partial charge in [-0.15, -0.1) is 0 Å². The van der Waals surface area contributed by atoms with Crippen LogP contribution in [0.25, 0.3) is 0 Å². The van der Waals surface area contributed by atoms with Gasteiger partial charge in [0.15, 0.2) is 5.75 Å². The van der Waals surface area contributed by atoms with Crippen molar-refractivity contribution in [3.8, 4) is 5.75 Å². The SMILES string of the molecule is COC(=O)c1c(Cl)cnc(C(F)F)c1OC. The van der Waals surface area contributed by atoms with Crippen LogP contribution in [0.2, 0.25) is 5.02 Å². The topological polar surface area (TPSA) is 48.4 Å². The van der Waals surface area contributed by atoms with Crippen LogP contribution in [0, 0.1) is 0 Å². The average Bonchev–Trinajstić information content (AvgIpc) is 2.26. The van der Waals surface area contributed by atoms with Crippen LogP contribution < -0.4 is 4.74 Å². The van der Waals surface area contributed by atoms with Crippen molar-refractivity contribution in [3.05, 3.63) is 22.5 Å². The normalized spacial score (nSPS) is 10.4. The molecule has 1 heterocycles. The Bertz CT molecular complexity index is 412. The van der Waals surface area contributed by atoms with E-state index < -0.39 is 18.1 Å². The van der Waals surface area contributed by atoms with Crippen molar-refractivity contribution in [1.29, 1.82) is 0 Å². The van der Waals surface area contributed by atoms with Crippen LogP contribution in [0.3, 0.4) is 0 Å². The second-order valence-electron chi connectivity index (χ2n) is 2.69. The molecular formula is C9H8ClF2NO3. The lowest BCUT2D eigenvalue weighted by Gasteiger charge is -2.11. The Balaban J connectivity index is 3.44. The van der Waals surface area contributed by atoms with Crippen LogP contribution >= 0.6 is 11.6 Å². The molecule has 0 fully saturated rings. The molecule has 0 saturated carbocycles. The van der Waals surface area contributed by atoms with Gasteiger partial charge in [0.05, 0.1) is 19.2 Å². The van der Waals surface area contributed by atoms with Gasteiger partial charge in [-0.2, -0.15) is 0 Å². The largest absolute Gasteiger partial charge is 0.494 e. The molecule has 0 N–H and O–H groups in total. The summed E-state index contributed by atoms with van der Waals surface area (Å²) in [5.41, 5.74) is -0.899. The first kappa shape index (κ1) is 12.6. The van der Waals surface area contributed by atoms with Crippen LogP contribution in [0.1, 0.15) is 22.5 Å². The van der Waals surface area contributed by atoms with Crippen molar-refractivity contribution < 1.29 is 23.0 Å². The predicted molar refractivity (Wildman–Crippen MR) is 52.1 cm³/mol. The Hall–Kier alpha value is -1.43. The van der Waals surface area contributed by atoms with Crippen LogP contribution in [0.5, 0.6) is 5.75 Å². The summed E-state index contributed by atoms with van der Waals surface area (Å²) in [6.07, 6.45) is -1.91. The molecule has 0 aliphatic carbocycles. The molecule has 1 rings (SSSR count). The molecule has 1 aromatic rings. The highest BCUT2D eigenvalue weighted by Gasteiger charge is 2.25. The minimum Gasteiger partial charge on any atom is -0.494 e. The number of aromatic nitrogens is 1. The van der Waals surface area contributed by atoms with E-state index in [0.29, 0.717) is 0 Å². The second kappa shape index (κ2) is 5.07. The summed E-state index contributed by atoms with van der Waals surface area (Å²) >= 11 is 5.67. The van der Waals surface area contributed by atoms with Crippen molar-refractivity contribution >= 4 is 17.6 Å². The van der Waals surface area contributed by atoms with E-state index in [2.05, 4.69) is 9.72 Å². The molecule has 0 unspecified atom stereocenters. The van der Waals surface area contributed by atoms with Gasteiger partial charge < -0.3 is 9.47 Å². The molecule has 0 aliphatic rings. The van der Waals surface area contributed by atoms with Crippen LogP contribution in [0.4, 0.5) is 8.78 Å². The number of methoxy groups -OCH3 is 2. The smallest absolute Gasteiger partial charge is 0.343 e. The van der Waals surface area contributed by atoms with E-state index in [9.17, 15) is 13.6 Å². The molecule has 88 valence electrons. The highest BCUT2D eigenvalue weighted by atomic mass is 35.5. The molecular weight excluding hydrogens is 244 g/mol. The number of carbonyl (C=O) groups is 1. The highest BCUT2D eigenvalue weighted by Crippen LogP contribution is 2.34. The Morgan fingerprint density at radius 2 is 2.12 bits per heavy atom. The predicted octanol–water partition coefficient (Wildman–Crippen LogP) is 2.47. The number of pyridine rings is 1. The maximum Gasteiger partial charge on any atom is 0.343 e. The summed E-state index contributed by atoms with van der Waals surface area (Å²) in [6, 6.07) is 0. The first-order valence-corrected chi connectivity index (χ1v) is 4.49. The number of rotatable bonds is 3. The maximum atomic E-state index is 12.6. The van der Waals surface area contributed by atoms with Crippen LogP contribution in [0.15, 0.2) is 6.20 Å². The van der Waals surface area contributed by atoms with Crippen molar-refractivity contribution in [3.63, 3.8) is 0 Å². The number of hydrogen-bond acceptors (Lipinski definition) is 4. The molecule has 0 saturated heterocycles. The van der Waals surface area contributed by atoms with Gasteiger partial charge in [-0.05, 0) is 0 Å². The lowest BCUT2D eigenvalue weighted by molar-refractivity contribution is 0.0595. The summed E-state index contributed by atoms with van der Waals surface area (Å²) in [7, 11) is 2.26. The molecule has 1 aromatic heterocycles. The van der Waals surface area contributed by atoms with E-state index in [4.69, 9.17) is 16.3 Å². The number of alkyl halides is 2. The van der Waals surface area contributed by atoms with Gasteiger partial charge in [0.25, 0.3) is 6.43 Å². The van der Waals surface area contributed by atoms with E-state index in [1.807, 2.05) is 0 Å². The molecule has 16 heavy (non-hydrogen) atoms. The molecule has 0 radical (unpaired) electrons. The average molecular weight is 252 g/mol. The van der Waals surface area contributed by atoms with Gasteiger partial charge in [0.2, 0.25) is 0 Å². The molecule has 0 aromatic carbocycles. The summed E-state index contributed by atoms with van der Waals surface area (Å²) in [6.45, 7) is 0. The third-order valence-corrected chi connectivity index (χ3v) is 2.10. The van der Waals surface area contributed by atoms with Gasteiger partial charge in [-0.25, -0.2) is 18.6 Å². The minimum absolute atomic E-state index is 0.104. The van der Waals surface area contributed by atoms with Crippen LogP contribution in [-0.4, -0.2) is 25.2 Å². The Labute approximate surface area is 95.1 Å². The summed E-state index contributed by atoms with van der Waals surface area (Å²) < 4.78 is 34.2. The molecule has 0 atom stereocenters. The highest BCUT2D eigenvalue weighted by molar-refractivity contribution is 6.33. The van der Waals surface area contributed by atoms with Crippen molar-refractivity contribution in [2.75, 3.05) is 14.2 Å². The number of carbonyl (C=O) groups excluding carboxylic acids is 1. The van der Waals surface area contributed by atoms with E-state index in [0.717, 1.165) is 20.4 Å². The summed E-state index contributed by atoms with van der Waals surface area (Å²) in [5, 5.41) is -0.104. The molecule has 0 amide bonds. The Kier molecular flexibility index (Phi) is 4.00. The van der Waals surface area contributed by atoms with Gasteiger partial charge in [0, 0.05) is 6.20 Å². The number of hydrogen-bond donors (Lipinski definition) is 0. The van der Waals surface area contributed by atoms with Gasteiger partial charge in [-0.3, -0.25) is 0 Å². The fourth-order valence-corrected chi connectivity index (χ4v) is 1.35. The van der Waals surface area contributed by atoms with E-state index in [-0.39, 0.29) is 16.3 Å². The fraction of sp³-hybridized carbons (Fsp3) is 0.333. The molecule has 4 nitrogen and oxygen atoms in total. The zero-order chi connectivity index (χ0) is 12.3. The Morgan fingerprint density at radius 1 is 1.50 bits per heavy atom. The molecule has 0 bridgehead atoms. The van der Waals surface area contributed by atoms with Crippen molar-refractivity contribution in [2.45, 2.75) is 6.43 Å². The molecule has 0 spiro atoms. The van der Waals surface area contributed by atoms with Crippen LogP contribution in [-0.2, 0) is 4.74 Å². The maximum absolute atomic E-state index is 12.6. The second-order valence-corrected chi connectivity index (χ2v) is 3.10. The summed E-state index contributed by atoms with van der Waals surface area (Å²) in [5.74, 6) is -1.22. The van der Waals surface area contributed by atoms with Gasteiger partial charge >= 0.3 is 5.97 Å². The number of nitrogens with zero attached hydrogens (tertiary/aromatic N) is 1. The van der Waals surface area contributed by atoms with Crippen molar-refractivity contribution in [2.24, 2.45) is 0 Å². The first-order valence-electron chi connectivity index (χ1n) is 4.11. The number of ether oxygens (including phenoxy) is 2. The van der Waals surface area contributed by atoms with Crippen molar-refractivity contribution in [1.82, 2.24) is 4.98 Å². The Morgan fingerprint density at radius 3 is 2.56 bits per heavy atom. The quantitative estimate of drug-likeness (QED) is 0.775. The third kappa shape index (κ3) is 2.21. The standard InChI is InChI=1S/C9H8ClF2NO3/c1-15-7-5(9(14)16-2)4(10)3-13-6(7)8(11)12/h3,8H,1-2H3. The number of halogens is 3. The molecule has 7 heteroatoms. The van der Waals surface area contributed by atoms with Gasteiger partial charge in [-0.1, -0.05) is 11.6 Å². The zero-order valence-corrected chi connectivity index (χ0v) is 9.22. The first-order chi connectivity index (χ1) is 7.52. The minimum atomic E-state index is -2.87. The zero-order valence-electron chi connectivity index (χ0n) is 8.46. The van der Waals surface area contributed by atoms with E-state index in [1.54, 1.807) is 0 Å². The van der Waals surface area contributed by atoms with Gasteiger partial charge in [0.1, 0.15) is 11.3 Å². The van der Waals surface area contributed by atoms with E-state index in [1.165, 1.54) is 0 Å².